The average molecular weight is 326 g/mol. The molecule has 1 aliphatic heterocycles. The summed E-state index contributed by atoms with van der Waals surface area (Å²) in [5.41, 5.74) is 2.56. The monoisotopic (exact) mass is 326 g/mol. The predicted octanol–water partition coefficient (Wildman–Crippen LogP) is 3.04. The zero-order valence-electron chi connectivity index (χ0n) is 14.2. The molecule has 4 heteroatoms. The van der Waals surface area contributed by atoms with Gasteiger partial charge in [0.05, 0.1) is 5.92 Å². The van der Waals surface area contributed by atoms with Crippen molar-refractivity contribution in [1.82, 2.24) is 10.2 Å². The molecule has 4 nitrogen and oxygen atoms in total. The van der Waals surface area contributed by atoms with Gasteiger partial charge in [0.25, 0.3) is 0 Å². The summed E-state index contributed by atoms with van der Waals surface area (Å²) in [6.07, 6.45) is 8.54. The van der Waals surface area contributed by atoms with Crippen molar-refractivity contribution in [3.05, 3.63) is 47.5 Å². The third-order valence-corrected chi connectivity index (χ3v) is 4.98. The number of amides is 2. The number of rotatable bonds is 6. The van der Waals surface area contributed by atoms with Crippen LogP contribution in [0.3, 0.4) is 0 Å². The topological polar surface area (TPSA) is 49.4 Å². The quantitative estimate of drug-likeness (QED) is 0.817. The van der Waals surface area contributed by atoms with Crippen molar-refractivity contribution < 1.29 is 9.59 Å². The Balaban J connectivity index is 1.45. The van der Waals surface area contributed by atoms with Gasteiger partial charge in [0.15, 0.2) is 0 Å². The lowest BCUT2D eigenvalue weighted by Gasteiger charge is -2.19. The molecule has 0 spiro atoms. The highest BCUT2D eigenvalue weighted by molar-refractivity contribution is 5.89. The second-order valence-corrected chi connectivity index (χ2v) is 6.80. The average Bonchev–Trinajstić information content (AvgIpc) is 3.00. The Morgan fingerprint density at radius 2 is 2.04 bits per heavy atom. The minimum Gasteiger partial charge on any atom is -0.352 e. The summed E-state index contributed by atoms with van der Waals surface area (Å²) >= 11 is 0. The van der Waals surface area contributed by atoms with E-state index in [-0.39, 0.29) is 17.7 Å². The van der Waals surface area contributed by atoms with E-state index in [4.69, 9.17) is 0 Å². The SMILES string of the molecule is O=C(NCc1ccccc1)C1CC(=O)N(CCC2=CCCCC2)C1. The summed E-state index contributed by atoms with van der Waals surface area (Å²) in [7, 11) is 0. The highest BCUT2D eigenvalue weighted by Gasteiger charge is 2.33. The van der Waals surface area contributed by atoms with Gasteiger partial charge in [0, 0.05) is 26.1 Å². The highest BCUT2D eigenvalue weighted by atomic mass is 16.2. The minimum absolute atomic E-state index is 0.00779. The van der Waals surface area contributed by atoms with Crippen molar-refractivity contribution in [3.63, 3.8) is 0 Å². The first-order valence-corrected chi connectivity index (χ1v) is 8.99. The molecule has 1 atom stereocenters. The molecule has 2 amide bonds. The van der Waals surface area contributed by atoms with Crippen LogP contribution < -0.4 is 5.32 Å². The minimum atomic E-state index is -0.207. The molecule has 128 valence electrons. The lowest BCUT2D eigenvalue weighted by molar-refractivity contribution is -0.129. The van der Waals surface area contributed by atoms with Gasteiger partial charge in [0.2, 0.25) is 11.8 Å². The zero-order chi connectivity index (χ0) is 16.8. The molecule has 3 rings (SSSR count). The summed E-state index contributed by atoms with van der Waals surface area (Å²) in [5.74, 6) is -0.0978. The number of nitrogens with zero attached hydrogens (tertiary/aromatic N) is 1. The summed E-state index contributed by atoms with van der Waals surface area (Å²) < 4.78 is 0. The Morgan fingerprint density at radius 3 is 2.79 bits per heavy atom. The molecule has 1 aromatic carbocycles. The first kappa shape index (κ1) is 16.7. The van der Waals surface area contributed by atoms with E-state index < -0.39 is 0 Å². The van der Waals surface area contributed by atoms with E-state index in [0.717, 1.165) is 18.5 Å². The van der Waals surface area contributed by atoms with Gasteiger partial charge >= 0.3 is 0 Å². The second kappa shape index (κ2) is 8.13. The smallest absolute Gasteiger partial charge is 0.225 e. The fourth-order valence-electron chi connectivity index (χ4n) is 3.50. The highest BCUT2D eigenvalue weighted by Crippen LogP contribution is 2.23. The number of nitrogens with one attached hydrogen (secondary N) is 1. The summed E-state index contributed by atoms with van der Waals surface area (Å²) in [6.45, 7) is 1.84. The number of allylic oxidation sites excluding steroid dienone is 1. The first-order valence-electron chi connectivity index (χ1n) is 8.99. The van der Waals surface area contributed by atoms with Crippen molar-refractivity contribution in [2.75, 3.05) is 13.1 Å². The molecule has 0 aromatic heterocycles. The fourth-order valence-corrected chi connectivity index (χ4v) is 3.50. The third-order valence-electron chi connectivity index (χ3n) is 4.98. The number of hydrogen-bond acceptors (Lipinski definition) is 2. The standard InChI is InChI=1S/C20H26N2O2/c23-19-13-18(20(24)21-14-17-9-5-2-6-10-17)15-22(19)12-11-16-7-3-1-4-8-16/h2,5-7,9-10,18H,1,3-4,8,11-15H2,(H,21,24). The summed E-state index contributed by atoms with van der Waals surface area (Å²) in [5, 5.41) is 2.96. The number of hydrogen-bond donors (Lipinski definition) is 1. The van der Waals surface area contributed by atoms with Gasteiger partial charge in [0.1, 0.15) is 0 Å². The molecule has 1 aromatic rings. The predicted molar refractivity (Wildman–Crippen MR) is 94.1 cm³/mol. The van der Waals surface area contributed by atoms with Gasteiger partial charge in [-0.1, -0.05) is 42.0 Å². The number of carbonyl (C=O) groups excluding carboxylic acids is 2. The van der Waals surface area contributed by atoms with Crippen molar-refractivity contribution in [3.8, 4) is 0 Å². The molecular formula is C20H26N2O2. The Hall–Kier alpha value is -2.10. The molecule has 0 bridgehead atoms. The van der Waals surface area contributed by atoms with Gasteiger partial charge in [-0.25, -0.2) is 0 Å². The number of benzene rings is 1. The van der Waals surface area contributed by atoms with Crippen molar-refractivity contribution >= 4 is 11.8 Å². The van der Waals surface area contributed by atoms with Gasteiger partial charge in [-0.15, -0.1) is 0 Å². The molecule has 1 unspecified atom stereocenters. The molecule has 24 heavy (non-hydrogen) atoms. The van der Waals surface area contributed by atoms with Gasteiger partial charge in [-0.2, -0.15) is 0 Å². The van der Waals surface area contributed by atoms with E-state index in [1.54, 1.807) is 0 Å². The van der Waals surface area contributed by atoms with Crippen LogP contribution in [0.4, 0.5) is 0 Å². The van der Waals surface area contributed by atoms with Crippen LogP contribution in [0.1, 0.15) is 44.1 Å². The zero-order valence-corrected chi connectivity index (χ0v) is 14.2. The Bertz CT molecular complexity index is 609. The van der Waals surface area contributed by atoms with E-state index in [9.17, 15) is 9.59 Å². The van der Waals surface area contributed by atoms with Crippen LogP contribution in [0.15, 0.2) is 42.0 Å². The molecule has 1 N–H and O–H groups in total. The van der Waals surface area contributed by atoms with E-state index in [2.05, 4.69) is 11.4 Å². The van der Waals surface area contributed by atoms with E-state index in [1.165, 1.54) is 31.3 Å². The second-order valence-electron chi connectivity index (χ2n) is 6.80. The molecule has 1 aliphatic carbocycles. The van der Waals surface area contributed by atoms with Crippen LogP contribution in [0.25, 0.3) is 0 Å². The van der Waals surface area contributed by atoms with Crippen LogP contribution in [-0.4, -0.2) is 29.8 Å². The van der Waals surface area contributed by atoms with Crippen LogP contribution >= 0.6 is 0 Å². The van der Waals surface area contributed by atoms with Gasteiger partial charge < -0.3 is 10.2 Å². The third kappa shape index (κ3) is 4.47. The molecule has 1 fully saturated rings. The van der Waals surface area contributed by atoms with Crippen LogP contribution in [0.2, 0.25) is 0 Å². The summed E-state index contributed by atoms with van der Waals surface area (Å²) in [6, 6.07) is 9.86. The van der Waals surface area contributed by atoms with Crippen LogP contribution in [-0.2, 0) is 16.1 Å². The van der Waals surface area contributed by atoms with Gasteiger partial charge in [-0.05, 0) is 37.7 Å². The Morgan fingerprint density at radius 1 is 1.21 bits per heavy atom. The molecular weight excluding hydrogens is 300 g/mol. The van der Waals surface area contributed by atoms with E-state index in [0.29, 0.717) is 19.5 Å². The lowest BCUT2D eigenvalue weighted by atomic mass is 9.97. The lowest BCUT2D eigenvalue weighted by Crippen LogP contribution is -2.33. The Labute approximate surface area is 143 Å². The molecule has 1 heterocycles. The largest absolute Gasteiger partial charge is 0.352 e. The number of carbonyl (C=O) groups is 2. The van der Waals surface area contributed by atoms with E-state index in [1.807, 2.05) is 35.2 Å². The molecule has 1 saturated heterocycles. The van der Waals surface area contributed by atoms with Crippen LogP contribution in [0, 0.1) is 5.92 Å². The van der Waals surface area contributed by atoms with Gasteiger partial charge in [-0.3, -0.25) is 9.59 Å². The van der Waals surface area contributed by atoms with Crippen molar-refractivity contribution in [2.45, 2.75) is 45.1 Å². The summed E-state index contributed by atoms with van der Waals surface area (Å²) in [4.78, 5) is 26.3. The maximum Gasteiger partial charge on any atom is 0.225 e. The fraction of sp³-hybridized carbons (Fsp3) is 0.500. The van der Waals surface area contributed by atoms with Crippen LogP contribution in [0.5, 0.6) is 0 Å². The Kier molecular flexibility index (Phi) is 5.68. The first-order chi connectivity index (χ1) is 11.7. The number of likely N-dealkylation sites (tertiary alicyclic amines) is 1. The molecule has 0 radical (unpaired) electrons. The molecule has 0 saturated carbocycles. The maximum absolute atomic E-state index is 12.3. The van der Waals surface area contributed by atoms with E-state index >= 15 is 0 Å². The maximum atomic E-state index is 12.3. The molecule has 2 aliphatic rings. The van der Waals surface area contributed by atoms with Crippen molar-refractivity contribution in [1.29, 1.82) is 0 Å². The van der Waals surface area contributed by atoms with Crippen molar-refractivity contribution in [2.24, 2.45) is 5.92 Å². The normalized spacial score (nSPS) is 20.8.